The number of aromatic nitrogens is 1. The lowest BCUT2D eigenvalue weighted by Gasteiger charge is -2.17. The normalized spacial score (nSPS) is 11.8. The minimum absolute atomic E-state index is 0.0800. The van der Waals surface area contributed by atoms with Gasteiger partial charge in [0.25, 0.3) is 0 Å². The van der Waals surface area contributed by atoms with Gasteiger partial charge in [0.2, 0.25) is 5.91 Å². The molecule has 110 valence electrons. The van der Waals surface area contributed by atoms with Gasteiger partial charge in [-0.25, -0.2) is 4.98 Å². The van der Waals surface area contributed by atoms with Crippen molar-refractivity contribution in [1.29, 1.82) is 0 Å². The van der Waals surface area contributed by atoms with Gasteiger partial charge < -0.3 is 16.2 Å². The number of thiazole rings is 1. The Hall–Kier alpha value is -2.41. The van der Waals surface area contributed by atoms with Crippen LogP contribution in [0.4, 0.5) is 5.13 Å². The summed E-state index contributed by atoms with van der Waals surface area (Å²) in [5.74, 6) is -1.25. The predicted octanol–water partition coefficient (Wildman–Crippen LogP) is 1.60. The van der Waals surface area contributed by atoms with Crippen molar-refractivity contribution in [2.45, 2.75) is 18.9 Å². The fourth-order valence-corrected chi connectivity index (χ4v) is 2.49. The molecule has 1 atom stereocenters. The van der Waals surface area contributed by atoms with Gasteiger partial charge in [-0.15, -0.1) is 11.3 Å². The topological polar surface area (TPSA) is 105 Å². The Balaban J connectivity index is 2.04. The second-order valence-electron chi connectivity index (χ2n) is 4.48. The molecule has 6 nitrogen and oxygen atoms in total. The first-order valence-corrected chi connectivity index (χ1v) is 7.18. The number of carboxylic acids is 1. The minimum atomic E-state index is -0.970. The van der Waals surface area contributed by atoms with E-state index in [9.17, 15) is 9.59 Å². The second kappa shape index (κ2) is 6.85. The Bertz CT molecular complexity index is 627. The molecule has 4 N–H and O–H groups in total. The van der Waals surface area contributed by atoms with Crippen LogP contribution in [0.15, 0.2) is 35.7 Å². The van der Waals surface area contributed by atoms with Gasteiger partial charge in [-0.3, -0.25) is 9.59 Å². The molecular weight excluding hydrogens is 290 g/mol. The third kappa shape index (κ3) is 4.57. The van der Waals surface area contributed by atoms with Crippen LogP contribution in [0, 0.1) is 0 Å². The van der Waals surface area contributed by atoms with Gasteiger partial charge in [-0.05, 0) is 5.56 Å². The third-order valence-electron chi connectivity index (χ3n) is 2.83. The van der Waals surface area contributed by atoms with Gasteiger partial charge in [-0.1, -0.05) is 30.3 Å². The number of anilines is 1. The molecular formula is C14H15N3O3S. The maximum Gasteiger partial charge on any atom is 0.305 e. The lowest BCUT2D eigenvalue weighted by molar-refractivity contribution is -0.137. The largest absolute Gasteiger partial charge is 0.481 e. The quantitative estimate of drug-likeness (QED) is 0.751. The van der Waals surface area contributed by atoms with Crippen molar-refractivity contribution in [3.05, 3.63) is 47.0 Å². The van der Waals surface area contributed by atoms with Crippen molar-refractivity contribution < 1.29 is 14.7 Å². The predicted molar refractivity (Wildman–Crippen MR) is 79.8 cm³/mol. The smallest absolute Gasteiger partial charge is 0.305 e. The van der Waals surface area contributed by atoms with E-state index in [1.807, 2.05) is 6.07 Å². The zero-order chi connectivity index (χ0) is 15.2. The fourth-order valence-electron chi connectivity index (χ4n) is 1.93. The molecule has 0 aliphatic heterocycles. The Labute approximate surface area is 125 Å². The van der Waals surface area contributed by atoms with Gasteiger partial charge in [0.15, 0.2) is 5.13 Å². The summed E-state index contributed by atoms with van der Waals surface area (Å²) in [4.78, 5) is 27.0. The molecule has 2 rings (SSSR count). The number of nitrogen functional groups attached to an aromatic ring is 1. The van der Waals surface area contributed by atoms with Crippen LogP contribution in [0.2, 0.25) is 0 Å². The third-order valence-corrected chi connectivity index (χ3v) is 3.55. The monoisotopic (exact) mass is 305 g/mol. The van der Waals surface area contributed by atoms with Crippen molar-refractivity contribution in [3.8, 4) is 0 Å². The number of nitrogens with zero attached hydrogens (tertiary/aromatic N) is 1. The van der Waals surface area contributed by atoms with Crippen LogP contribution in [0.3, 0.4) is 0 Å². The number of rotatable bonds is 6. The highest BCUT2D eigenvalue weighted by Crippen LogP contribution is 2.17. The van der Waals surface area contributed by atoms with Crippen LogP contribution >= 0.6 is 11.3 Å². The first kappa shape index (κ1) is 15.0. The average Bonchev–Trinajstić information content (AvgIpc) is 2.83. The SMILES string of the molecule is Nc1nc(CC(=O)NC(CC(=O)O)c2ccccc2)cs1. The lowest BCUT2D eigenvalue weighted by atomic mass is 10.0. The lowest BCUT2D eigenvalue weighted by Crippen LogP contribution is -2.31. The molecule has 0 saturated heterocycles. The maximum atomic E-state index is 12.0. The highest BCUT2D eigenvalue weighted by atomic mass is 32.1. The van der Waals surface area contributed by atoms with Crippen LogP contribution in [-0.2, 0) is 16.0 Å². The molecule has 0 aliphatic rings. The summed E-state index contributed by atoms with van der Waals surface area (Å²) in [6.45, 7) is 0. The first-order chi connectivity index (χ1) is 10.0. The molecule has 1 heterocycles. The minimum Gasteiger partial charge on any atom is -0.481 e. The van der Waals surface area contributed by atoms with Crippen molar-refractivity contribution in [1.82, 2.24) is 10.3 Å². The molecule has 1 aromatic carbocycles. The Morgan fingerprint density at radius 2 is 2.05 bits per heavy atom. The van der Waals surface area contributed by atoms with Crippen molar-refractivity contribution in [2.24, 2.45) is 0 Å². The molecule has 0 saturated carbocycles. The first-order valence-electron chi connectivity index (χ1n) is 6.30. The Morgan fingerprint density at radius 1 is 1.33 bits per heavy atom. The number of aliphatic carboxylic acids is 1. The Kier molecular flexibility index (Phi) is 4.89. The van der Waals surface area contributed by atoms with Gasteiger partial charge in [0.05, 0.1) is 24.6 Å². The molecule has 1 unspecified atom stereocenters. The molecule has 2 aromatic rings. The van der Waals surface area contributed by atoms with E-state index in [1.54, 1.807) is 29.6 Å². The number of carbonyl (C=O) groups excluding carboxylic acids is 1. The van der Waals surface area contributed by atoms with E-state index in [2.05, 4.69) is 10.3 Å². The molecule has 1 aromatic heterocycles. The summed E-state index contributed by atoms with van der Waals surface area (Å²) in [7, 11) is 0. The summed E-state index contributed by atoms with van der Waals surface area (Å²) in [5.41, 5.74) is 6.85. The van der Waals surface area contributed by atoms with Crippen LogP contribution in [0.25, 0.3) is 0 Å². The Morgan fingerprint density at radius 3 is 2.62 bits per heavy atom. The van der Waals surface area contributed by atoms with E-state index in [-0.39, 0.29) is 18.7 Å². The molecule has 0 radical (unpaired) electrons. The molecule has 7 heteroatoms. The van der Waals surface area contributed by atoms with Crippen LogP contribution in [0.1, 0.15) is 23.7 Å². The van der Waals surface area contributed by atoms with Crippen molar-refractivity contribution >= 4 is 28.3 Å². The second-order valence-corrected chi connectivity index (χ2v) is 5.37. The maximum absolute atomic E-state index is 12.0. The molecule has 21 heavy (non-hydrogen) atoms. The number of hydrogen-bond acceptors (Lipinski definition) is 5. The van der Waals surface area contributed by atoms with E-state index in [0.29, 0.717) is 10.8 Å². The number of carbonyl (C=O) groups is 2. The molecule has 0 bridgehead atoms. The van der Waals surface area contributed by atoms with Crippen LogP contribution < -0.4 is 11.1 Å². The van der Waals surface area contributed by atoms with E-state index in [1.165, 1.54) is 11.3 Å². The van der Waals surface area contributed by atoms with E-state index >= 15 is 0 Å². The number of benzene rings is 1. The summed E-state index contributed by atoms with van der Waals surface area (Å²) in [5, 5.41) is 13.8. The van der Waals surface area contributed by atoms with Gasteiger partial charge >= 0.3 is 5.97 Å². The number of amides is 1. The average molecular weight is 305 g/mol. The van der Waals surface area contributed by atoms with Crippen molar-refractivity contribution in [3.63, 3.8) is 0 Å². The highest BCUT2D eigenvalue weighted by molar-refractivity contribution is 7.13. The van der Waals surface area contributed by atoms with E-state index < -0.39 is 12.0 Å². The van der Waals surface area contributed by atoms with Crippen LogP contribution in [0.5, 0.6) is 0 Å². The van der Waals surface area contributed by atoms with Gasteiger partial charge in [-0.2, -0.15) is 0 Å². The zero-order valence-electron chi connectivity index (χ0n) is 11.2. The van der Waals surface area contributed by atoms with E-state index in [0.717, 1.165) is 5.56 Å². The molecule has 0 spiro atoms. The van der Waals surface area contributed by atoms with Gasteiger partial charge in [0.1, 0.15) is 0 Å². The fraction of sp³-hybridized carbons (Fsp3) is 0.214. The summed E-state index contributed by atoms with van der Waals surface area (Å²) in [6, 6.07) is 8.45. The summed E-state index contributed by atoms with van der Waals surface area (Å²) < 4.78 is 0. The standard InChI is InChI=1S/C14H15N3O3S/c15-14-16-10(8-21-14)6-12(18)17-11(7-13(19)20)9-4-2-1-3-5-9/h1-5,8,11H,6-7H2,(H2,15,16)(H,17,18)(H,19,20). The molecule has 1 amide bonds. The number of nitrogens with two attached hydrogens (primary N) is 1. The number of carboxylic acid groups (broad SMARTS) is 1. The van der Waals surface area contributed by atoms with E-state index in [4.69, 9.17) is 10.8 Å². The van der Waals surface area contributed by atoms with Crippen molar-refractivity contribution in [2.75, 3.05) is 5.73 Å². The summed E-state index contributed by atoms with van der Waals surface area (Å²) in [6.07, 6.45) is -0.0917. The number of hydrogen-bond donors (Lipinski definition) is 3. The summed E-state index contributed by atoms with van der Waals surface area (Å²) >= 11 is 1.26. The molecule has 0 aliphatic carbocycles. The zero-order valence-corrected chi connectivity index (χ0v) is 12.0. The van der Waals surface area contributed by atoms with Crippen LogP contribution in [-0.4, -0.2) is 22.0 Å². The molecule has 0 fully saturated rings. The van der Waals surface area contributed by atoms with Gasteiger partial charge in [0, 0.05) is 5.38 Å². The number of nitrogens with one attached hydrogen (secondary N) is 1. The highest BCUT2D eigenvalue weighted by Gasteiger charge is 2.18.